The molecule has 0 saturated carbocycles. The van der Waals surface area contributed by atoms with E-state index in [4.69, 9.17) is 10.5 Å². The van der Waals surface area contributed by atoms with Crippen molar-refractivity contribution in [2.75, 3.05) is 12.4 Å². The van der Waals surface area contributed by atoms with Crippen molar-refractivity contribution >= 4 is 22.8 Å². The van der Waals surface area contributed by atoms with Crippen LogP contribution in [0.3, 0.4) is 0 Å². The molecule has 0 atom stereocenters. The Labute approximate surface area is 161 Å². The van der Waals surface area contributed by atoms with Crippen molar-refractivity contribution in [3.8, 4) is 16.9 Å². The lowest BCUT2D eigenvalue weighted by Crippen LogP contribution is -2.12. The van der Waals surface area contributed by atoms with E-state index in [2.05, 4.69) is 20.3 Å². The van der Waals surface area contributed by atoms with Gasteiger partial charge in [-0.1, -0.05) is 6.07 Å². The number of hydrogen-bond acceptors (Lipinski definition) is 5. The van der Waals surface area contributed by atoms with Gasteiger partial charge < -0.3 is 20.8 Å². The molecule has 1 amide bonds. The number of benzene rings is 1. The summed E-state index contributed by atoms with van der Waals surface area (Å²) in [6, 6.07) is 13.2. The highest BCUT2D eigenvalue weighted by Gasteiger charge is 2.14. The third-order valence-corrected chi connectivity index (χ3v) is 4.53. The van der Waals surface area contributed by atoms with Crippen LogP contribution < -0.4 is 15.8 Å². The van der Waals surface area contributed by atoms with Gasteiger partial charge in [0.25, 0.3) is 5.91 Å². The van der Waals surface area contributed by atoms with Crippen LogP contribution in [0, 0.1) is 0 Å². The van der Waals surface area contributed by atoms with E-state index >= 15 is 0 Å². The Morgan fingerprint density at radius 2 is 2.00 bits per heavy atom. The van der Waals surface area contributed by atoms with Crippen LogP contribution >= 0.6 is 0 Å². The summed E-state index contributed by atoms with van der Waals surface area (Å²) in [6.07, 6.45) is 5.35. The van der Waals surface area contributed by atoms with Crippen molar-refractivity contribution in [2.24, 2.45) is 5.73 Å². The number of amides is 1. The van der Waals surface area contributed by atoms with Crippen LogP contribution in [0.15, 0.2) is 61.1 Å². The third kappa shape index (κ3) is 3.37. The van der Waals surface area contributed by atoms with Crippen molar-refractivity contribution < 1.29 is 9.53 Å². The fourth-order valence-corrected chi connectivity index (χ4v) is 3.13. The molecule has 7 nitrogen and oxygen atoms in total. The van der Waals surface area contributed by atoms with E-state index in [0.717, 1.165) is 33.5 Å². The van der Waals surface area contributed by atoms with Crippen molar-refractivity contribution in [2.45, 2.75) is 6.54 Å². The average molecular weight is 373 g/mol. The molecule has 7 heteroatoms. The highest BCUT2D eigenvalue weighted by Crippen LogP contribution is 2.32. The normalized spacial score (nSPS) is 10.8. The van der Waals surface area contributed by atoms with Gasteiger partial charge in [0.15, 0.2) is 0 Å². The van der Waals surface area contributed by atoms with Gasteiger partial charge in [-0.25, -0.2) is 4.98 Å². The number of pyridine rings is 2. The second-order valence-electron chi connectivity index (χ2n) is 6.28. The Morgan fingerprint density at radius 3 is 2.75 bits per heavy atom. The third-order valence-electron chi connectivity index (χ3n) is 4.53. The molecule has 4 aromatic rings. The molecule has 0 spiro atoms. The molecule has 0 aliphatic rings. The predicted octanol–water partition coefficient (Wildman–Crippen LogP) is 3.34. The summed E-state index contributed by atoms with van der Waals surface area (Å²) in [5.74, 6) is 0.638. The largest absolute Gasteiger partial charge is 0.496 e. The van der Waals surface area contributed by atoms with Crippen LogP contribution in [0.1, 0.15) is 15.9 Å². The molecule has 0 bridgehead atoms. The van der Waals surface area contributed by atoms with Crippen LogP contribution in [0.5, 0.6) is 5.75 Å². The summed E-state index contributed by atoms with van der Waals surface area (Å²) in [6.45, 7) is 0.621. The fourth-order valence-electron chi connectivity index (χ4n) is 3.13. The SMILES string of the molecule is COc1ccc(-c2cc(NCc3ccncc3)nc3[nH]ccc23)cc1C(N)=O. The molecule has 0 aliphatic heterocycles. The number of ether oxygens (including phenoxy) is 1. The summed E-state index contributed by atoms with van der Waals surface area (Å²) < 4.78 is 5.24. The molecule has 3 aromatic heterocycles. The maximum atomic E-state index is 11.8. The molecule has 0 fully saturated rings. The number of methoxy groups -OCH3 is 1. The number of hydrogen-bond donors (Lipinski definition) is 3. The molecular weight excluding hydrogens is 354 g/mol. The first kappa shape index (κ1) is 17.5. The molecule has 0 aliphatic carbocycles. The zero-order valence-electron chi connectivity index (χ0n) is 15.3. The molecule has 3 heterocycles. The van der Waals surface area contributed by atoms with Gasteiger partial charge in [-0.3, -0.25) is 9.78 Å². The maximum absolute atomic E-state index is 11.8. The number of anilines is 1. The van der Waals surface area contributed by atoms with Crippen LogP contribution in [0.25, 0.3) is 22.2 Å². The molecule has 0 radical (unpaired) electrons. The van der Waals surface area contributed by atoms with E-state index < -0.39 is 5.91 Å². The van der Waals surface area contributed by atoms with Gasteiger partial charge in [0, 0.05) is 30.5 Å². The fraction of sp³-hybridized carbons (Fsp3) is 0.0952. The quantitative estimate of drug-likeness (QED) is 0.481. The van der Waals surface area contributed by atoms with Gasteiger partial charge in [-0.05, 0) is 53.1 Å². The summed E-state index contributed by atoms with van der Waals surface area (Å²) in [7, 11) is 1.51. The van der Waals surface area contributed by atoms with E-state index in [1.54, 1.807) is 24.5 Å². The Morgan fingerprint density at radius 1 is 1.18 bits per heavy atom. The van der Waals surface area contributed by atoms with Crippen LogP contribution in [-0.2, 0) is 6.54 Å². The highest BCUT2D eigenvalue weighted by atomic mass is 16.5. The molecule has 0 saturated heterocycles. The lowest BCUT2D eigenvalue weighted by atomic mass is 10.00. The second kappa shape index (κ2) is 7.40. The van der Waals surface area contributed by atoms with Gasteiger partial charge in [-0.2, -0.15) is 0 Å². The number of primary amides is 1. The Kier molecular flexibility index (Phi) is 4.63. The molecule has 140 valence electrons. The standard InChI is InChI=1S/C21H19N5O2/c1-28-18-3-2-14(10-17(18)20(22)27)16-11-19(26-21-15(16)6-9-24-21)25-12-13-4-7-23-8-5-13/h2-11H,12H2,1H3,(H2,22,27)(H2,24,25,26). The van der Waals surface area contributed by atoms with Crippen molar-refractivity contribution in [1.82, 2.24) is 15.0 Å². The van der Waals surface area contributed by atoms with Gasteiger partial charge >= 0.3 is 0 Å². The smallest absolute Gasteiger partial charge is 0.252 e. The monoisotopic (exact) mass is 373 g/mol. The molecule has 28 heavy (non-hydrogen) atoms. The van der Waals surface area contributed by atoms with Gasteiger partial charge in [0.1, 0.15) is 17.2 Å². The number of aromatic amines is 1. The molecular formula is C21H19N5O2. The minimum absolute atomic E-state index is 0.340. The van der Waals surface area contributed by atoms with Crippen molar-refractivity contribution in [3.05, 3.63) is 72.2 Å². The maximum Gasteiger partial charge on any atom is 0.252 e. The summed E-state index contributed by atoms with van der Waals surface area (Å²) in [4.78, 5) is 23.6. The van der Waals surface area contributed by atoms with Gasteiger partial charge in [-0.15, -0.1) is 0 Å². The summed E-state index contributed by atoms with van der Waals surface area (Å²) >= 11 is 0. The van der Waals surface area contributed by atoms with Crippen molar-refractivity contribution in [3.63, 3.8) is 0 Å². The van der Waals surface area contributed by atoms with E-state index in [9.17, 15) is 4.79 Å². The van der Waals surface area contributed by atoms with E-state index in [0.29, 0.717) is 17.9 Å². The Balaban J connectivity index is 1.75. The van der Waals surface area contributed by atoms with Crippen LogP contribution in [-0.4, -0.2) is 28.0 Å². The number of carbonyl (C=O) groups excluding carboxylic acids is 1. The molecule has 4 rings (SSSR count). The number of nitrogens with one attached hydrogen (secondary N) is 2. The number of carbonyl (C=O) groups is 1. The first-order valence-corrected chi connectivity index (χ1v) is 8.75. The molecule has 1 aromatic carbocycles. The van der Waals surface area contributed by atoms with Gasteiger partial charge in [0.05, 0.1) is 12.7 Å². The number of nitrogens with two attached hydrogens (primary N) is 1. The first-order chi connectivity index (χ1) is 13.7. The first-order valence-electron chi connectivity index (χ1n) is 8.75. The molecule has 0 unspecified atom stereocenters. The Bertz CT molecular complexity index is 1140. The van der Waals surface area contributed by atoms with E-state index in [1.165, 1.54) is 7.11 Å². The lowest BCUT2D eigenvalue weighted by Gasteiger charge is -2.12. The average Bonchev–Trinajstić information content (AvgIpc) is 3.20. The van der Waals surface area contributed by atoms with Crippen LogP contribution in [0.2, 0.25) is 0 Å². The summed E-state index contributed by atoms with van der Waals surface area (Å²) in [5, 5.41) is 4.29. The number of nitrogens with zero attached hydrogens (tertiary/aromatic N) is 2. The number of H-pyrrole nitrogens is 1. The van der Waals surface area contributed by atoms with Gasteiger partial charge in [0.2, 0.25) is 0 Å². The lowest BCUT2D eigenvalue weighted by molar-refractivity contribution is 0.0997. The number of fused-ring (bicyclic) bond motifs is 1. The zero-order chi connectivity index (χ0) is 19.5. The number of rotatable bonds is 6. The number of aromatic nitrogens is 3. The Hall–Kier alpha value is -3.87. The summed E-state index contributed by atoms with van der Waals surface area (Å²) in [5.41, 5.74) is 9.51. The van der Waals surface area contributed by atoms with E-state index in [1.807, 2.05) is 36.5 Å². The second-order valence-corrected chi connectivity index (χ2v) is 6.28. The molecule has 4 N–H and O–H groups in total. The van der Waals surface area contributed by atoms with Crippen LogP contribution in [0.4, 0.5) is 5.82 Å². The highest BCUT2D eigenvalue weighted by molar-refractivity contribution is 6.00. The van der Waals surface area contributed by atoms with Crippen molar-refractivity contribution in [1.29, 1.82) is 0 Å². The zero-order valence-corrected chi connectivity index (χ0v) is 15.3. The predicted molar refractivity (Wildman–Crippen MR) is 108 cm³/mol. The topological polar surface area (TPSA) is 106 Å². The minimum atomic E-state index is -0.533. The van der Waals surface area contributed by atoms with E-state index in [-0.39, 0.29) is 0 Å². The minimum Gasteiger partial charge on any atom is -0.496 e.